The van der Waals surface area contributed by atoms with Gasteiger partial charge in [0.1, 0.15) is 0 Å². The highest BCUT2D eigenvalue weighted by Crippen LogP contribution is 2.26. The summed E-state index contributed by atoms with van der Waals surface area (Å²) in [5.74, 6) is 0. The third kappa shape index (κ3) is 1.29. The molecule has 0 unspecified atom stereocenters. The molecule has 2 atom stereocenters. The molecule has 0 amide bonds. The third-order valence-corrected chi connectivity index (χ3v) is 1.56. The number of aliphatic hydroxyl groups is 2. The lowest BCUT2D eigenvalue weighted by molar-refractivity contribution is -0.0839. The lowest BCUT2D eigenvalue weighted by Crippen LogP contribution is -2.40. The average Bonchev–Trinajstić information content (AvgIpc) is 2.35. The van der Waals surface area contributed by atoms with Gasteiger partial charge in [-0.3, -0.25) is 0 Å². The van der Waals surface area contributed by atoms with E-state index in [-0.39, 0.29) is 6.61 Å². The van der Waals surface area contributed by atoms with E-state index in [1.54, 1.807) is 0 Å². The minimum absolute atomic E-state index is 0.181. The summed E-state index contributed by atoms with van der Waals surface area (Å²) in [7, 11) is 0. The van der Waals surface area contributed by atoms with Gasteiger partial charge in [0.25, 0.3) is 0 Å². The van der Waals surface area contributed by atoms with Gasteiger partial charge in [0.2, 0.25) is 0 Å². The summed E-state index contributed by atoms with van der Waals surface area (Å²) in [5, 5.41) is 21.1. The number of hydrogen-bond donors (Lipinski definition) is 2. The van der Waals surface area contributed by atoms with Crippen molar-refractivity contribution in [1.82, 2.24) is 0 Å². The van der Waals surface area contributed by atoms with Gasteiger partial charge in [0.05, 0.1) is 19.3 Å². The van der Waals surface area contributed by atoms with Gasteiger partial charge < -0.3 is 14.9 Å². The van der Waals surface area contributed by atoms with E-state index in [1.807, 2.05) is 0 Å². The summed E-state index contributed by atoms with van der Waals surface area (Å²) < 4.78 is 4.87. The normalized spacial score (nSPS) is 36.7. The van der Waals surface area contributed by atoms with Gasteiger partial charge in [-0.15, -0.1) is 0 Å². The molecular weight excluding hydrogens is 150 g/mol. The first-order chi connectivity index (χ1) is 5.25. The van der Waals surface area contributed by atoms with Gasteiger partial charge in [-0.2, -0.15) is 0 Å². The number of ether oxygens (including phenoxy) is 1. The lowest BCUT2D eigenvalue weighted by atomic mass is 10.1. The first-order valence-electron chi connectivity index (χ1n) is 3.07. The number of aliphatic hydroxyl groups excluding tert-OH is 2. The molecule has 2 N–H and O–H groups in total. The maximum atomic E-state index is 9.17. The van der Waals surface area contributed by atoms with Gasteiger partial charge in [-0.05, 0) is 5.53 Å². The third-order valence-electron chi connectivity index (χ3n) is 1.56. The Labute approximate surface area is 63.0 Å². The molecule has 0 aliphatic carbocycles. The molecule has 1 saturated heterocycles. The molecule has 0 aromatic carbocycles. The zero-order chi connectivity index (χ0) is 8.32. The molecular formula is C5H8N3O3. The second kappa shape index (κ2) is 3.06. The molecule has 1 aliphatic rings. The van der Waals surface area contributed by atoms with Crippen LogP contribution in [0.3, 0.4) is 0 Å². The molecule has 6 heteroatoms. The molecule has 0 saturated carbocycles. The SMILES string of the molecule is [N-]=[N+]=N[C@]1(CO)OC[CH][C@@H]1O. The molecule has 61 valence electrons. The van der Waals surface area contributed by atoms with Crippen molar-refractivity contribution < 1.29 is 14.9 Å². The Hall–Kier alpha value is -0.810. The van der Waals surface area contributed by atoms with E-state index in [9.17, 15) is 0 Å². The fourth-order valence-electron chi connectivity index (χ4n) is 0.888. The fourth-order valence-corrected chi connectivity index (χ4v) is 0.888. The van der Waals surface area contributed by atoms with Crippen LogP contribution < -0.4 is 0 Å². The van der Waals surface area contributed by atoms with E-state index in [1.165, 1.54) is 6.42 Å². The zero-order valence-electron chi connectivity index (χ0n) is 5.71. The molecule has 0 spiro atoms. The first kappa shape index (κ1) is 8.29. The van der Waals surface area contributed by atoms with E-state index in [0.29, 0.717) is 0 Å². The molecule has 1 heterocycles. The molecule has 0 aromatic rings. The molecule has 1 aliphatic heterocycles. The molecule has 6 nitrogen and oxygen atoms in total. The van der Waals surface area contributed by atoms with Crippen molar-refractivity contribution in [3.63, 3.8) is 0 Å². The first-order valence-corrected chi connectivity index (χ1v) is 3.07. The Morgan fingerprint density at radius 1 is 1.91 bits per heavy atom. The second-order valence-corrected chi connectivity index (χ2v) is 2.18. The maximum Gasteiger partial charge on any atom is 0.195 e. The summed E-state index contributed by atoms with van der Waals surface area (Å²) in [4.78, 5) is 2.47. The highest BCUT2D eigenvalue weighted by atomic mass is 16.5. The Kier molecular flexibility index (Phi) is 2.31. The van der Waals surface area contributed by atoms with Crippen LogP contribution in [0.4, 0.5) is 0 Å². The average molecular weight is 158 g/mol. The Balaban J connectivity index is 2.81. The van der Waals surface area contributed by atoms with Crippen molar-refractivity contribution in [2.45, 2.75) is 11.8 Å². The predicted molar refractivity (Wildman–Crippen MR) is 35.2 cm³/mol. The van der Waals surface area contributed by atoms with Crippen LogP contribution in [0.15, 0.2) is 5.11 Å². The Bertz CT molecular complexity index is 191. The zero-order valence-corrected chi connectivity index (χ0v) is 5.71. The number of hydrogen-bond acceptors (Lipinski definition) is 4. The van der Waals surface area contributed by atoms with Crippen molar-refractivity contribution in [1.29, 1.82) is 0 Å². The molecule has 1 fully saturated rings. The summed E-state index contributed by atoms with van der Waals surface area (Å²) >= 11 is 0. The molecule has 0 aromatic heterocycles. The van der Waals surface area contributed by atoms with Gasteiger partial charge in [-0.1, -0.05) is 5.11 Å². The van der Waals surface area contributed by atoms with Crippen molar-refractivity contribution in [3.05, 3.63) is 16.9 Å². The minimum Gasteiger partial charge on any atom is -0.393 e. The predicted octanol–water partition coefficient (Wildman–Crippen LogP) is -0.419. The van der Waals surface area contributed by atoms with Gasteiger partial charge >= 0.3 is 0 Å². The molecule has 1 rings (SSSR count). The van der Waals surface area contributed by atoms with E-state index < -0.39 is 18.4 Å². The molecule has 1 radical (unpaired) electrons. The number of rotatable bonds is 2. The van der Waals surface area contributed by atoms with Crippen LogP contribution in [0.1, 0.15) is 0 Å². The van der Waals surface area contributed by atoms with Gasteiger partial charge in [0.15, 0.2) is 5.72 Å². The van der Waals surface area contributed by atoms with E-state index >= 15 is 0 Å². The van der Waals surface area contributed by atoms with Crippen LogP contribution in [-0.2, 0) is 4.74 Å². The van der Waals surface area contributed by atoms with Crippen LogP contribution in [0.25, 0.3) is 10.4 Å². The summed E-state index contributed by atoms with van der Waals surface area (Å²) in [6, 6.07) is 0. The highest BCUT2D eigenvalue weighted by molar-refractivity contribution is 5.00. The van der Waals surface area contributed by atoms with Crippen molar-refractivity contribution in [2.75, 3.05) is 13.2 Å². The molecule has 0 bridgehead atoms. The summed E-state index contributed by atoms with van der Waals surface area (Å²) in [6.45, 7) is -0.338. The molecule has 11 heavy (non-hydrogen) atoms. The maximum absolute atomic E-state index is 9.17. The summed E-state index contributed by atoms with van der Waals surface area (Å²) in [5.41, 5.74) is 6.59. The quantitative estimate of drug-likeness (QED) is 0.324. The van der Waals surface area contributed by atoms with Gasteiger partial charge in [-0.25, -0.2) is 0 Å². The number of nitrogens with zero attached hydrogens (tertiary/aromatic N) is 3. The minimum atomic E-state index is -1.49. The lowest BCUT2D eigenvalue weighted by Gasteiger charge is -2.22. The van der Waals surface area contributed by atoms with E-state index in [4.69, 9.17) is 20.5 Å². The van der Waals surface area contributed by atoms with Crippen molar-refractivity contribution in [3.8, 4) is 0 Å². The monoisotopic (exact) mass is 158 g/mol. The fraction of sp³-hybridized carbons (Fsp3) is 0.800. The largest absolute Gasteiger partial charge is 0.393 e. The van der Waals surface area contributed by atoms with E-state index in [0.717, 1.165) is 0 Å². The van der Waals surface area contributed by atoms with Gasteiger partial charge in [0, 0.05) is 11.3 Å². The van der Waals surface area contributed by atoms with Crippen molar-refractivity contribution >= 4 is 0 Å². The van der Waals surface area contributed by atoms with E-state index in [2.05, 4.69) is 10.0 Å². The van der Waals surface area contributed by atoms with Crippen LogP contribution in [0, 0.1) is 6.42 Å². The Morgan fingerprint density at radius 3 is 3.00 bits per heavy atom. The standard InChI is InChI=1S/C5H8N3O3/c6-8-7-5(3-9)4(10)1-2-11-5/h1,4,9-10H,2-3H2/t4-,5+/m0/s1. The second-order valence-electron chi connectivity index (χ2n) is 2.18. The van der Waals surface area contributed by atoms with Crippen LogP contribution >= 0.6 is 0 Å². The summed E-state index contributed by atoms with van der Waals surface area (Å²) in [6.07, 6.45) is 0.397. The van der Waals surface area contributed by atoms with Crippen molar-refractivity contribution in [2.24, 2.45) is 5.11 Å². The topological polar surface area (TPSA) is 98.5 Å². The number of azide groups is 1. The Morgan fingerprint density at radius 2 is 2.64 bits per heavy atom. The van der Waals surface area contributed by atoms with Crippen LogP contribution in [0.2, 0.25) is 0 Å². The van der Waals surface area contributed by atoms with Crippen LogP contribution in [-0.4, -0.2) is 35.3 Å². The smallest absolute Gasteiger partial charge is 0.195 e. The van der Waals surface area contributed by atoms with Crippen LogP contribution in [0.5, 0.6) is 0 Å². The highest BCUT2D eigenvalue weighted by Gasteiger charge is 2.42.